The molecular weight excluding hydrogens is 464 g/mol. The fraction of sp³-hybridized carbons (Fsp3) is 0.286. The summed E-state index contributed by atoms with van der Waals surface area (Å²) in [5, 5.41) is 3.62. The molecule has 178 valence electrons. The molecule has 34 heavy (non-hydrogen) atoms. The Morgan fingerprint density at radius 1 is 0.912 bits per heavy atom. The second-order valence-corrected chi connectivity index (χ2v) is 10.0. The van der Waals surface area contributed by atoms with Gasteiger partial charge in [-0.2, -0.15) is 0 Å². The average Bonchev–Trinajstić information content (AvgIpc) is 2.85. The van der Waals surface area contributed by atoms with Crippen LogP contribution in [0.4, 0.5) is 0 Å². The average molecular weight is 495 g/mol. The SMILES string of the molecule is CC(C)CNC(=O)C(Cc1ccccc1)N(Cc1ccccc1Cl)C(=O)CSc1ccccc1. The van der Waals surface area contributed by atoms with E-state index in [9.17, 15) is 9.59 Å². The number of amides is 2. The van der Waals surface area contributed by atoms with Crippen molar-refractivity contribution in [3.8, 4) is 0 Å². The Morgan fingerprint density at radius 3 is 2.18 bits per heavy atom. The van der Waals surface area contributed by atoms with Crippen molar-refractivity contribution in [2.75, 3.05) is 12.3 Å². The molecule has 0 fully saturated rings. The standard InChI is InChI=1S/C28H31ClN2O2S/c1-21(2)18-30-28(33)26(17-22-11-5-3-6-12-22)31(19-23-13-9-10-16-25(23)29)27(32)20-34-24-14-7-4-8-15-24/h3-16,21,26H,17-20H2,1-2H3,(H,30,33). The molecule has 0 saturated heterocycles. The minimum Gasteiger partial charge on any atom is -0.354 e. The Labute approximate surface area is 211 Å². The molecule has 0 bridgehead atoms. The van der Waals surface area contributed by atoms with Crippen LogP contribution in [0.2, 0.25) is 5.02 Å². The minimum atomic E-state index is -0.652. The van der Waals surface area contributed by atoms with Gasteiger partial charge in [-0.05, 0) is 35.2 Å². The molecule has 1 atom stereocenters. The predicted molar refractivity (Wildman–Crippen MR) is 141 cm³/mol. The summed E-state index contributed by atoms with van der Waals surface area (Å²) >= 11 is 7.92. The van der Waals surface area contributed by atoms with E-state index in [2.05, 4.69) is 19.2 Å². The van der Waals surface area contributed by atoms with Crippen LogP contribution in [0, 0.1) is 5.92 Å². The summed E-state index contributed by atoms with van der Waals surface area (Å²) in [5.74, 6) is 0.289. The van der Waals surface area contributed by atoms with Gasteiger partial charge in [-0.3, -0.25) is 9.59 Å². The molecule has 3 aromatic carbocycles. The van der Waals surface area contributed by atoms with Crippen molar-refractivity contribution in [3.63, 3.8) is 0 Å². The third-order valence-corrected chi connectivity index (χ3v) is 6.73. The second kappa shape index (κ2) is 13.2. The van der Waals surface area contributed by atoms with E-state index < -0.39 is 6.04 Å². The van der Waals surface area contributed by atoms with Crippen LogP contribution in [0.15, 0.2) is 89.8 Å². The first-order valence-corrected chi connectivity index (χ1v) is 12.8. The van der Waals surface area contributed by atoms with Crippen molar-refractivity contribution < 1.29 is 9.59 Å². The van der Waals surface area contributed by atoms with Crippen molar-refractivity contribution in [2.24, 2.45) is 5.92 Å². The van der Waals surface area contributed by atoms with E-state index in [4.69, 9.17) is 11.6 Å². The van der Waals surface area contributed by atoms with Gasteiger partial charge in [0.25, 0.3) is 0 Å². The lowest BCUT2D eigenvalue weighted by Gasteiger charge is -2.32. The van der Waals surface area contributed by atoms with E-state index in [0.29, 0.717) is 23.9 Å². The summed E-state index contributed by atoms with van der Waals surface area (Å²) in [6.45, 7) is 4.92. The number of carbonyl (C=O) groups excluding carboxylic acids is 2. The molecular formula is C28H31ClN2O2S. The number of hydrogen-bond donors (Lipinski definition) is 1. The van der Waals surface area contributed by atoms with Crippen LogP contribution in [-0.2, 0) is 22.6 Å². The van der Waals surface area contributed by atoms with Crippen LogP contribution in [0.25, 0.3) is 0 Å². The summed E-state index contributed by atoms with van der Waals surface area (Å²) in [5.41, 5.74) is 1.82. The number of halogens is 1. The highest BCUT2D eigenvalue weighted by atomic mass is 35.5. The van der Waals surface area contributed by atoms with Crippen LogP contribution in [0.5, 0.6) is 0 Å². The lowest BCUT2D eigenvalue weighted by Crippen LogP contribution is -2.51. The van der Waals surface area contributed by atoms with E-state index in [1.54, 1.807) is 4.90 Å². The third-order valence-electron chi connectivity index (χ3n) is 5.36. The number of thioether (sulfide) groups is 1. The number of nitrogens with one attached hydrogen (secondary N) is 1. The van der Waals surface area contributed by atoms with Gasteiger partial charge in [-0.15, -0.1) is 11.8 Å². The largest absolute Gasteiger partial charge is 0.354 e. The molecule has 2 amide bonds. The van der Waals surface area contributed by atoms with Gasteiger partial charge in [0.05, 0.1) is 5.75 Å². The van der Waals surface area contributed by atoms with Gasteiger partial charge in [-0.25, -0.2) is 0 Å². The van der Waals surface area contributed by atoms with Crippen LogP contribution in [0.1, 0.15) is 25.0 Å². The first-order valence-electron chi connectivity index (χ1n) is 11.5. The topological polar surface area (TPSA) is 49.4 Å². The molecule has 0 aliphatic rings. The summed E-state index contributed by atoms with van der Waals surface area (Å²) in [4.78, 5) is 29.7. The van der Waals surface area contributed by atoms with Crippen molar-refractivity contribution in [1.29, 1.82) is 0 Å². The number of benzene rings is 3. The van der Waals surface area contributed by atoms with Gasteiger partial charge in [0.1, 0.15) is 6.04 Å². The zero-order valence-electron chi connectivity index (χ0n) is 19.6. The molecule has 1 N–H and O–H groups in total. The van der Waals surface area contributed by atoms with Gasteiger partial charge in [0, 0.05) is 29.4 Å². The Hall–Kier alpha value is -2.76. The monoisotopic (exact) mass is 494 g/mol. The second-order valence-electron chi connectivity index (χ2n) is 8.56. The number of carbonyl (C=O) groups is 2. The molecule has 0 aromatic heterocycles. The highest BCUT2D eigenvalue weighted by Crippen LogP contribution is 2.23. The van der Waals surface area contributed by atoms with Gasteiger partial charge in [0.15, 0.2) is 0 Å². The summed E-state index contributed by atoms with van der Waals surface area (Å²) in [6.07, 6.45) is 0.428. The highest BCUT2D eigenvalue weighted by molar-refractivity contribution is 8.00. The van der Waals surface area contributed by atoms with E-state index in [-0.39, 0.29) is 24.1 Å². The van der Waals surface area contributed by atoms with E-state index in [1.165, 1.54) is 11.8 Å². The maximum absolute atomic E-state index is 13.6. The number of rotatable bonds is 11. The fourth-order valence-corrected chi connectivity index (χ4v) is 4.53. The lowest BCUT2D eigenvalue weighted by atomic mass is 10.0. The Morgan fingerprint density at radius 2 is 1.53 bits per heavy atom. The van der Waals surface area contributed by atoms with E-state index in [1.807, 2.05) is 84.9 Å². The first-order chi connectivity index (χ1) is 16.4. The van der Waals surface area contributed by atoms with Crippen LogP contribution in [0.3, 0.4) is 0 Å². The predicted octanol–water partition coefficient (Wildman–Crippen LogP) is 5.84. The van der Waals surface area contributed by atoms with Crippen molar-refractivity contribution >= 4 is 35.2 Å². The molecule has 0 radical (unpaired) electrons. The molecule has 0 heterocycles. The van der Waals surface area contributed by atoms with Gasteiger partial charge < -0.3 is 10.2 Å². The molecule has 0 saturated carbocycles. The fourth-order valence-electron chi connectivity index (χ4n) is 3.53. The molecule has 0 aliphatic heterocycles. The van der Waals surface area contributed by atoms with Crippen LogP contribution >= 0.6 is 23.4 Å². The van der Waals surface area contributed by atoms with Crippen molar-refractivity contribution in [1.82, 2.24) is 10.2 Å². The first kappa shape index (κ1) is 25.9. The lowest BCUT2D eigenvalue weighted by molar-refractivity contribution is -0.139. The number of hydrogen-bond acceptors (Lipinski definition) is 3. The molecule has 4 nitrogen and oxygen atoms in total. The Kier molecular flexibility index (Phi) is 10.0. The molecule has 0 spiro atoms. The maximum atomic E-state index is 13.6. The zero-order valence-corrected chi connectivity index (χ0v) is 21.2. The highest BCUT2D eigenvalue weighted by Gasteiger charge is 2.30. The third kappa shape index (κ3) is 7.93. The van der Waals surface area contributed by atoms with Crippen molar-refractivity contribution in [3.05, 3.63) is 101 Å². The molecule has 3 aromatic rings. The van der Waals surface area contributed by atoms with Crippen LogP contribution < -0.4 is 5.32 Å². The van der Waals surface area contributed by atoms with E-state index >= 15 is 0 Å². The van der Waals surface area contributed by atoms with Gasteiger partial charge in [0.2, 0.25) is 11.8 Å². The molecule has 1 unspecified atom stereocenters. The van der Waals surface area contributed by atoms with Crippen LogP contribution in [-0.4, -0.2) is 35.1 Å². The maximum Gasteiger partial charge on any atom is 0.243 e. The zero-order chi connectivity index (χ0) is 24.3. The van der Waals surface area contributed by atoms with Gasteiger partial charge >= 0.3 is 0 Å². The summed E-state index contributed by atoms with van der Waals surface area (Å²) in [6, 6.07) is 26.4. The summed E-state index contributed by atoms with van der Waals surface area (Å²) in [7, 11) is 0. The van der Waals surface area contributed by atoms with E-state index in [0.717, 1.165) is 16.0 Å². The normalized spacial score (nSPS) is 11.8. The summed E-state index contributed by atoms with van der Waals surface area (Å²) < 4.78 is 0. The minimum absolute atomic E-state index is 0.102. The smallest absolute Gasteiger partial charge is 0.243 e. The quantitative estimate of drug-likeness (QED) is 0.340. The van der Waals surface area contributed by atoms with Gasteiger partial charge in [-0.1, -0.05) is 92.2 Å². The Bertz CT molecular complexity index is 1060. The van der Waals surface area contributed by atoms with Crippen molar-refractivity contribution in [2.45, 2.75) is 37.8 Å². The molecule has 0 aliphatic carbocycles. The molecule has 3 rings (SSSR count). The number of nitrogens with zero attached hydrogens (tertiary/aromatic N) is 1. The molecule has 6 heteroatoms. The Balaban J connectivity index is 1.90.